The van der Waals surface area contributed by atoms with E-state index in [0.29, 0.717) is 5.78 Å². The van der Waals surface area contributed by atoms with Crippen molar-refractivity contribution in [2.75, 3.05) is 5.32 Å². The van der Waals surface area contributed by atoms with Gasteiger partial charge in [0.15, 0.2) is 6.10 Å². The highest BCUT2D eigenvalue weighted by Gasteiger charge is 2.23. The average Bonchev–Trinajstić information content (AvgIpc) is 3.02. The number of amides is 1. The molecule has 8 nitrogen and oxygen atoms in total. The van der Waals surface area contributed by atoms with Gasteiger partial charge in [-0.25, -0.2) is 14.3 Å². The van der Waals surface area contributed by atoms with Crippen LogP contribution in [0.25, 0.3) is 5.78 Å². The quantitative estimate of drug-likeness (QED) is 0.698. The highest BCUT2D eigenvalue weighted by atomic mass is 16.5. The number of hydrogen-bond acceptors (Lipinski definition) is 6. The van der Waals surface area contributed by atoms with Crippen LogP contribution in [-0.4, -0.2) is 37.6 Å². The molecule has 0 spiro atoms. The number of aromatic nitrogens is 4. The Hall–Kier alpha value is -3.29. The molecule has 0 fully saturated rings. The SMILES string of the molecule is Cc1cc(C)c(NC(=O)[C@@H](C)OC(=O)c2nc3nc(C)cc(C)n3n2)c(C)c1. The fourth-order valence-electron chi connectivity index (χ4n) is 3.12. The number of rotatable bonds is 4. The molecule has 2 heterocycles. The molecule has 0 aliphatic rings. The molecule has 28 heavy (non-hydrogen) atoms. The van der Waals surface area contributed by atoms with E-state index in [4.69, 9.17) is 4.74 Å². The molecular weight excluding hydrogens is 358 g/mol. The summed E-state index contributed by atoms with van der Waals surface area (Å²) in [6.07, 6.45) is -1.00. The molecule has 0 aliphatic carbocycles. The maximum atomic E-state index is 12.5. The third-order valence-electron chi connectivity index (χ3n) is 4.38. The van der Waals surface area contributed by atoms with E-state index >= 15 is 0 Å². The molecule has 0 unspecified atom stereocenters. The van der Waals surface area contributed by atoms with Gasteiger partial charge < -0.3 is 10.1 Å². The number of aryl methyl sites for hydroxylation is 5. The van der Waals surface area contributed by atoms with Crippen molar-refractivity contribution in [3.8, 4) is 0 Å². The molecule has 8 heteroatoms. The fourth-order valence-corrected chi connectivity index (χ4v) is 3.12. The molecule has 3 rings (SSSR count). The minimum Gasteiger partial charge on any atom is -0.447 e. The van der Waals surface area contributed by atoms with E-state index in [1.807, 2.05) is 52.8 Å². The topological polar surface area (TPSA) is 98.5 Å². The Morgan fingerprint density at radius 2 is 1.68 bits per heavy atom. The number of nitrogens with zero attached hydrogens (tertiary/aromatic N) is 4. The van der Waals surface area contributed by atoms with Crippen LogP contribution in [0, 0.1) is 34.6 Å². The Morgan fingerprint density at radius 1 is 1.04 bits per heavy atom. The van der Waals surface area contributed by atoms with Gasteiger partial charge in [0.2, 0.25) is 0 Å². The van der Waals surface area contributed by atoms with Crippen molar-refractivity contribution in [1.82, 2.24) is 19.6 Å². The summed E-state index contributed by atoms with van der Waals surface area (Å²) < 4.78 is 6.72. The molecule has 0 saturated carbocycles. The lowest BCUT2D eigenvalue weighted by Gasteiger charge is -2.16. The number of carbonyl (C=O) groups excluding carboxylic acids is 2. The van der Waals surface area contributed by atoms with Gasteiger partial charge in [0.1, 0.15) is 0 Å². The minimum atomic E-state index is -1.00. The van der Waals surface area contributed by atoms with Crippen LogP contribution in [0.5, 0.6) is 0 Å². The number of fused-ring (bicyclic) bond motifs is 1. The van der Waals surface area contributed by atoms with Crippen molar-refractivity contribution in [2.24, 2.45) is 0 Å². The molecule has 3 aromatic rings. The van der Waals surface area contributed by atoms with Crippen LogP contribution in [0.4, 0.5) is 5.69 Å². The average molecular weight is 381 g/mol. The molecule has 146 valence electrons. The number of anilines is 1. The van der Waals surface area contributed by atoms with E-state index in [9.17, 15) is 9.59 Å². The van der Waals surface area contributed by atoms with Crippen LogP contribution in [0.1, 0.15) is 45.6 Å². The van der Waals surface area contributed by atoms with E-state index < -0.39 is 18.0 Å². The summed E-state index contributed by atoms with van der Waals surface area (Å²) in [4.78, 5) is 33.2. The van der Waals surface area contributed by atoms with Gasteiger partial charge >= 0.3 is 5.97 Å². The number of benzene rings is 1. The van der Waals surface area contributed by atoms with E-state index in [1.54, 1.807) is 0 Å². The van der Waals surface area contributed by atoms with Crippen LogP contribution in [0.3, 0.4) is 0 Å². The zero-order valence-corrected chi connectivity index (χ0v) is 16.8. The monoisotopic (exact) mass is 381 g/mol. The Labute approximate surface area is 163 Å². The van der Waals surface area contributed by atoms with Gasteiger partial charge in [-0.05, 0) is 58.7 Å². The molecule has 0 aliphatic heterocycles. The van der Waals surface area contributed by atoms with E-state index in [1.165, 1.54) is 11.4 Å². The van der Waals surface area contributed by atoms with Crippen molar-refractivity contribution in [2.45, 2.75) is 47.6 Å². The van der Waals surface area contributed by atoms with E-state index in [0.717, 1.165) is 33.8 Å². The van der Waals surface area contributed by atoms with Gasteiger partial charge in [0.25, 0.3) is 17.5 Å². The van der Waals surface area contributed by atoms with Crippen molar-refractivity contribution in [3.05, 3.63) is 52.1 Å². The smallest absolute Gasteiger partial charge is 0.379 e. The van der Waals surface area contributed by atoms with Crippen LogP contribution < -0.4 is 5.32 Å². The van der Waals surface area contributed by atoms with Gasteiger partial charge in [-0.3, -0.25) is 4.79 Å². The summed E-state index contributed by atoms with van der Waals surface area (Å²) in [5.74, 6) is -1.02. The summed E-state index contributed by atoms with van der Waals surface area (Å²) in [5.41, 5.74) is 5.30. The molecule has 1 amide bonds. The maximum Gasteiger partial charge on any atom is 0.379 e. The zero-order valence-electron chi connectivity index (χ0n) is 16.8. The Balaban J connectivity index is 1.74. The molecule has 1 atom stereocenters. The summed E-state index contributed by atoms with van der Waals surface area (Å²) in [6.45, 7) is 11.0. The minimum absolute atomic E-state index is 0.136. The number of nitrogens with one attached hydrogen (secondary N) is 1. The Morgan fingerprint density at radius 3 is 2.32 bits per heavy atom. The molecule has 0 bridgehead atoms. The summed E-state index contributed by atoms with van der Waals surface area (Å²) in [6, 6.07) is 5.80. The first-order chi connectivity index (χ1) is 13.2. The lowest BCUT2D eigenvalue weighted by Crippen LogP contribution is -2.30. The highest BCUT2D eigenvalue weighted by Crippen LogP contribution is 2.22. The number of hydrogen-bond donors (Lipinski definition) is 1. The molecule has 0 radical (unpaired) electrons. The normalized spacial score (nSPS) is 12.1. The first-order valence-corrected chi connectivity index (χ1v) is 8.96. The Kier molecular flexibility index (Phi) is 5.13. The van der Waals surface area contributed by atoms with Crippen LogP contribution in [0.2, 0.25) is 0 Å². The van der Waals surface area contributed by atoms with Gasteiger partial charge in [0.05, 0.1) is 0 Å². The molecule has 1 N–H and O–H groups in total. The van der Waals surface area contributed by atoms with Crippen molar-refractivity contribution in [3.63, 3.8) is 0 Å². The lowest BCUT2D eigenvalue weighted by molar-refractivity contribution is -0.123. The largest absolute Gasteiger partial charge is 0.447 e. The first kappa shape index (κ1) is 19.5. The van der Waals surface area contributed by atoms with Crippen LogP contribution in [0.15, 0.2) is 18.2 Å². The summed E-state index contributed by atoms with van der Waals surface area (Å²) in [5, 5.41) is 6.96. The predicted octanol–water partition coefficient (Wildman–Crippen LogP) is 2.85. The molecule has 1 aromatic carbocycles. The van der Waals surface area contributed by atoms with Gasteiger partial charge in [-0.1, -0.05) is 17.7 Å². The second kappa shape index (κ2) is 7.38. The summed E-state index contributed by atoms with van der Waals surface area (Å²) in [7, 11) is 0. The van der Waals surface area contributed by atoms with Gasteiger partial charge in [-0.2, -0.15) is 4.98 Å². The highest BCUT2D eigenvalue weighted by molar-refractivity contribution is 5.97. The first-order valence-electron chi connectivity index (χ1n) is 8.96. The molecular formula is C20H23N5O3. The third kappa shape index (κ3) is 3.85. The lowest BCUT2D eigenvalue weighted by atomic mass is 10.0. The predicted molar refractivity (Wildman–Crippen MR) is 104 cm³/mol. The van der Waals surface area contributed by atoms with Gasteiger partial charge in [-0.15, -0.1) is 5.10 Å². The Bertz CT molecular complexity index is 1060. The van der Waals surface area contributed by atoms with Crippen LogP contribution in [-0.2, 0) is 9.53 Å². The molecule has 0 saturated heterocycles. The van der Waals surface area contributed by atoms with E-state index in [-0.39, 0.29) is 5.82 Å². The second-order valence-corrected chi connectivity index (χ2v) is 7.00. The second-order valence-electron chi connectivity index (χ2n) is 7.00. The third-order valence-corrected chi connectivity index (χ3v) is 4.38. The number of esters is 1. The van der Waals surface area contributed by atoms with Gasteiger partial charge in [0, 0.05) is 17.1 Å². The standard InChI is InChI=1S/C20H23N5O3/c1-10-7-11(2)16(12(3)8-10)22-18(26)15(6)28-19(27)17-23-20-21-13(4)9-14(5)25(20)24-17/h7-9,15H,1-6H3,(H,22,26)/t15-/m1/s1. The van der Waals surface area contributed by atoms with Crippen LogP contribution >= 0.6 is 0 Å². The molecule has 2 aromatic heterocycles. The van der Waals surface area contributed by atoms with E-state index in [2.05, 4.69) is 20.4 Å². The number of carbonyl (C=O) groups is 2. The fraction of sp³-hybridized carbons (Fsp3) is 0.350. The van der Waals surface area contributed by atoms with Crippen molar-refractivity contribution < 1.29 is 14.3 Å². The van der Waals surface area contributed by atoms with Crippen molar-refractivity contribution in [1.29, 1.82) is 0 Å². The van der Waals surface area contributed by atoms with Crippen molar-refractivity contribution >= 4 is 23.3 Å². The summed E-state index contributed by atoms with van der Waals surface area (Å²) >= 11 is 0. The number of ether oxygens (including phenoxy) is 1. The maximum absolute atomic E-state index is 12.5. The zero-order chi connectivity index (χ0) is 20.6.